The fraction of sp³-hybridized carbons (Fsp3) is 0.533. The van der Waals surface area contributed by atoms with E-state index >= 15 is 0 Å². The highest BCUT2D eigenvalue weighted by atomic mass is 16.5. The van der Waals surface area contributed by atoms with E-state index in [1.165, 1.54) is 12.7 Å². The van der Waals surface area contributed by atoms with Crippen LogP contribution >= 0.6 is 0 Å². The molecule has 0 aliphatic carbocycles. The molecule has 3 heteroatoms. The first-order valence-corrected chi connectivity index (χ1v) is 6.58. The van der Waals surface area contributed by atoms with Gasteiger partial charge in [-0.2, -0.15) is 0 Å². The molecular weight excluding hydrogens is 228 g/mol. The minimum Gasteiger partial charge on any atom is -0.469 e. The van der Waals surface area contributed by atoms with Gasteiger partial charge in [0.25, 0.3) is 0 Å². The zero-order chi connectivity index (χ0) is 12.5. The van der Waals surface area contributed by atoms with E-state index in [0.29, 0.717) is 6.10 Å². The highest BCUT2D eigenvalue weighted by Crippen LogP contribution is 2.45. The second-order valence-electron chi connectivity index (χ2n) is 5.18. The molecule has 18 heavy (non-hydrogen) atoms. The van der Waals surface area contributed by atoms with Gasteiger partial charge in [-0.1, -0.05) is 30.3 Å². The topological polar surface area (TPSA) is 35.5 Å². The Morgan fingerprint density at radius 1 is 1.28 bits per heavy atom. The molecule has 2 aliphatic rings. The molecular formula is C15H18O3. The lowest BCUT2D eigenvalue weighted by atomic mass is 9.79. The number of benzene rings is 1. The van der Waals surface area contributed by atoms with Crippen LogP contribution in [0.25, 0.3) is 0 Å². The van der Waals surface area contributed by atoms with Crippen molar-refractivity contribution < 1.29 is 14.3 Å². The molecule has 1 aromatic rings. The van der Waals surface area contributed by atoms with Crippen LogP contribution in [0.5, 0.6) is 0 Å². The molecule has 2 fully saturated rings. The molecule has 0 spiro atoms. The summed E-state index contributed by atoms with van der Waals surface area (Å²) >= 11 is 0. The van der Waals surface area contributed by atoms with Gasteiger partial charge in [0.05, 0.1) is 25.2 Å². The van der Waals surface area contributed by atoms with Crippen LogP contribution in [0, 0.1) is 5.92 Å². The van der Waals surface area contributed by atoms with Crippen molar-refractivity contribution >= 4 is 5.97 Å². The van der Waals surface area contributed by atoms with E-state index < -0.39 is 0 Å². The SMILES string of the molecule is COC(=O)[C@@H]1[C@H]2CC[C@@H](C[C@H]1c1ccccc1)O2. The van der Waals surface area contributed by atoms with E-state index in [2.05, 4.69) is 12.1 Å². The van der Waals surface area contributed by atoms with Crippen LogP contribution < -0.4 is 0 Å². The van der Waals surface area contributed by atoms with Crippen LogP contribution in [0.4, 0.5) is 0 Å². The number of hydrogen-bond acceptors (Lipinski definition) is 3. The first-order chi connectivity index (χ1) is 8.79. The number of esters is 1. The van der Waals surface area contributed by atoms with Gasteiger partial charge in [0.15, 0.2) is 0 Å². The third-order valence-corrected chi connectivity index (χ3v) is 4.19. The van der Waals surface area contributed by atoms with Gasteiger partial charge in [-0.3, -0.25) is 4.79 Å². The second-order valence-corrected chi connectivity index (χ2v) is 5.18. The van der Waals surface area contributed by atoms with Crippen molar-refractivity contribution in [1.82, 2.24) is 0 Å². The van der Waals surface area contributed by atoms with E-state index in [-0.39, 0.29) is 23.9 Å². The molecule has 4 atom stereocenters. The number of hydrogen-bond donors (Lipinski definition) is 0. The minimum absolute atomic E-state index is 0.0430. The smallest absolute Gasteiger partial charge is 0.311 e. The maximum atomic E-state index is 12.0. The Labute approximate surface area is 107 Å². The molecule has 0 saturated carbocycles. The normalized spacial score (nSPS) is 34.3. The fourth-order valence-electron chi connectivity index (χ4n) is 3.36. The van der Waals surface area contributed by atoms with Gasteiger partial charge >= 0.3 is 5.97 Å². The summed E-state index contributed by atoms with van der Waals surface area (Å²) in [6.45, 7) is 0. The maximum Gasteiger partial charge on any atom is 0.311 e. The Bertz CT molecular complexity index is 429. The Kier molecular flexibility index (Phi) is 3.08. The average molecular weight is 246 g/mol. The third-order valence-electron chi connectivity index (χ3n) is 4.19. The molecule has 0 unspecified atom stereocenters. The third kappa shape index (κ3) is 1.93. The molecule has 2 aliphatic heterocycles. The second kappa shape index (κ2) is 4.73. The number of ether oxygens (including phenoxy) is 2. The van der Waals surface area contributed by atoms with Crippen molar-refractivity contribution in [2.75, 3.05) is 7.11 Å². The Balaban J connectivity index is 1.93. The van der Waals surface area contributed by atoms with Crippen LogP contribution in [0.3, 0.4) is 0 Å². The molecule has 0 radical (unpaired) electrons. The van der Waals surface area contributed by atoms with E-state index in [1.807, 2.05) is 18.2 Å². The van der Waals surface area contributed by atoms with Crippen molar-refractivity contribution in [2.24, 2.45) is 5.92 Å². The van der Waals surface area contributed by atoms with Gasteiger partial charge in [0.2, 0.25) is 0 Å². The zero-order valence-electron chi connectivity index (χ0n) is 10.5. The van der Waals surface area contributed by atoms with Crippen LogP contribution in [-0.2, 0) is 14.3 Å². The van der Waals surface area contributed by atoms with Crippen molar-refractivity contribution in [2.45, 2.75) is 37.4 Å². The monoisotopic (exact) mass is 246 g/mol. The van der Waals surface area contributed by atoms with E-state index in [1.54, 1.807) is 0 Å². The zero-order valence-corrected chi connectivity index (χ0v) is 10.5. The quantitative estimate of drug-likeness (QED) is 0.752. The van der Waals surface area contributed by atoms with Crippen molar-refractivity contribution in [3.63, 3.8) is 0 Å². The van der Waals surface area contributed by atoms with Crippen molar-refractivity contribution in [3.05, 3.63) is 35.9 Å². The standard InChI is InChI=1S/C15H18O3/c1-17-15(16)14-12(10-5-3-2-4-6-10)9-11-7-8-13(14)18-11/h2-6,11-14H,7-9H2,1H3/t11-,12-,13+,14-/m0/s1. The van der Waals surface area contributed by atoms with Gasteiger partial charge in [-0.15, -0.1) is 0 Å². The molecule has 0 N–H and O–H groups in total. The molecule has 3 nitrogen and oxygen atoms in total. The molecule has 0 aromatic heterocycles. The Hall–Kier alpha value is -1.35. The summed E-state index contributed by atoms with van der Waals surface area (Å²) in [7, 11) is 1.46. The van der Waals surface area contributed by atoms with E-state index in [0.717, 1.165) is 19.3 Å². The summed E-state index contributed by atoms with van der Waals surface area (Å²) in [6.07, 6.45) is 3.35. The predicted molar refractivity (Wildman–Crippen MR) is 67.2 cm³/mol. The molecule has 3 rings (SSSR count). The molecule has 96 valence electrons. The Morgan fingerprint density at radius 2 is 2.06 bits per heavy atom. The number of rotatable bonds is 2. The van der Waals surface area contributed by atoms with Crippen LogP contribution in [0.2, 0.25) is 0 Å². The number of carbonyl (C=O) groups is 1. The summed E-state index contributed by atoms with van der Waals surface area (Å²) in [5.41, 5.74) is 1.23. The molecule has 1 aromatic carbocycles. The van der Waals surface area contributed by atoms with Gasteiger partial charge in [-0.25, -0.2) is 0 Å². The fourth-order valence-corrected chi connectivity index (χ4v) is 3.36. The average Bonchev–Trinajstić information content (AvgIpc) is 2.80. The first-order valence-electron chi connectivity index (χ1n) is 6.58. The van der Waals surface area contributed by atoms with Crippen LogP contribution in [0.15, 0.2) is 30.3 Å². The van der Waals surface area contributed by atoms with Gasteiger partial charge in [0, 0.05) is 5.92 Å². The summed E-state index contributed by atoms with van der Waals surface area (Å²) in [6, 6.07) is 10.3. The summed E-state index contributed by atoms with van der Waals surface area (Å²) < 4.78 is 10.9. The predicted octanol–water partition coefficient (Wildman–Crippen LogP) is 2.51. The van der Waals surface area contributed by atoms with Gasteiger partial charge in [-0.05, 0) is 24.8 Å². The first kappa shape index (κ1) is 11.7. The number of methoxy groups -OCH3 is 1. The largest absolute Gasteiger partial charge is 0.469 e. The maximum absolute atomic E-state index is 12.0. The van der Waals surface area contributed by atoms with Crippen molar-refractivity contribution in [3.8, 4) is 0 Å². The molecule has 0 amide bonds. The lowest BCUT2D eigenvalue weighted by Gasteiger charge is -2.35. The van der Waals surface area contributed by atoms with Gasteiger partial charge in [0.1, 0.15) is 0 Å². The van der Waals surface area contributed by atoms with Gasteiger partial charge < -0.3 is 9.47 Å². The number of carbonyl (C=O) groups excluding carboxylic acids is 1. The molecule has 2 heterocycles. The van der Waals surface area contributed by atoms with E-state index in [9.17, 15) is 4.79 Å². The highest BCUT2D eigenvalue weighted by molar-refractivity contribution is 5.74. The van der Waals surface area contributed by atoms with Crippen LogP contribution in [-0.4, -0.2) is 25.3 Å². The van der Waals surface area contributed by atoms with Crippen molar-refractivity contribution in [1.29, 1.82) is 0 Å². The minimum atomic E-state index is -0.142. The lowest BCUT2D eigenvalue weighted by Crippen LogP contribution is -2.39. The molecule has 2 bridgehead atoms. The van der Waals surface area contributed by atoms with E-state index in [4.69, 9.17) is 9.47 Å². The summed E-state index contributed by atoms with van der Waals surface area (Å²) in [5, 5.41) is 0. The van der Waals surface area contributed by atoms with Crippen LogP contribution in [0.1, 0.15) is 30.7 Å². The number of fused-ring (bicyclic) bond motifs is 2. The highest BCUT2D eigenvalue weighted by Gasteiger charge is 2.47. The summed E-state index contributed by atoms with van der Waals surface area (Å²) in [5.74, 6) is -0.0322. The lowest BCUT2D eigenvalue weighted by molar-refractivity contribution is -0.156. The summed E-state index contributed by atoms with van der Waals surface area (Å²) in [4.78, 5) is 12.0. The molecule has 2 saturated heterocycles. The Morgan fingerprint density at radius 3 is 2.78 bits per heavy atom.